The number of carbonyl (C=O) groups is 1. The standard InChI is InChI=1S/C23H20N4O2S/c1-2-20-27-21(15-6-4-3-5-7-15)23(30-20)29-18-12-13-25-19(14-18)26-17-10-8-16(9-11-17)22(24)28/h3-14H,2H2,1H3,(H2,24,28)(H,25,26). The molecule has 2 aromatic heterocycles. The van der Waals surface area contributed by atoms with E-state index in [1.807, 2.05) is 42.5 Å². The Morgan fingerprint density at radius 3 is 2.57 bits per heavy atom. The number of ether oxygens (including phenoxy) is 1. The molecule has 4 aromatic rings. The van der Waals surface area contributed by atoms with Gasteiger partial charge in [0.15, 0.2) is 0 Å². The van der Waals surface area contributed by atoms with Crippen LogP contribution in [0.5, 0.6) is 10.8 Å². The van der Waals surface area contributed by atoms with Gasteiger partial charge in [-0.05, 0) is 36.8 Å². The number of primary amides is 1. The molecule has 0 aliphatic heterocycles. The number of rotatable bonds is 7. The minimum atomic E-state index is -0.458. The van der Waals surface area contributed by atoms with Gasteiger partial charge in [-0.25, -0.2) is 9.97 Å². The average molecular weight is 417 g/mol. The summed E-state index contributed by atoms with van der Waals surface area (Å²) in [5, 5.41) is 4.97. The van der Waals surface area contributed by atoms with Crippen LogP contribution in [0.15, 0.2) is 72.9 Å². The number of hydrogen-bond acceptors (Lipinski definition) is 6. The molecule has 3 N–H and O–H groups in total. The fraction of sp³-hybridized carbons (Fsp3) is 0.0870. The molecule has 150 valence electrons. The first-order valence-corrected chi connectivity index (χ1v) is 10.3. The van der Waals surface area contributed by atoms with E-state index in [1.165, 1.54) is 0 Å². The van der Waals surface area contributed by atoms with Crippen molar-refractivity contribution >= 4 is 28.7 Å². The topological polar surface area (TPSA) is 90.1 Å². The van der Waals surface area contributed by atoms with Crippen molar-refractivity contribution in [2.45, 2.75) is 13.3 Å². The van der Waals surface area contributed by atoms with Crippen LogP contribution in [0.4, 0.5) is 11.5 Å². The van der Waals surface area contributed by atoms with Crippen LogP contribution in [-0.2, 0) is 6.42 Å². The number of amides is 1. The second-order valence-corrected chi connectivity index (χ2v) is 7.55. The maximum Gasteiger partial charge on any atom is 0.248 e. The number of nitrogens with one attached hydrogen (secondary N) is 1. The average Bonchev–Trinajstić information content (AvgIpc) is 3.18. The molecule has 4 rings (SSSR count). The van der Waals surface area contributed by atoms with E-state index in [1.54, 1.807) is 41.8 Å². The van der Waals surface area contributed by atoms with Crippen molar-refractivity contribution in [2.75, 3.05) is 5.32 Å². The molecule has 1 amide bonds. The third-order valence-electron chi connectivity index (χ3n) is 4.37. The minimum absolute atomic E-state index is 0.455. The molecule has 0 radical (unpaired) electrons. The van der Waals surface area contributed by atoms with Gasteiger partial charge in [-0.3, -0.25) is 4.79 Å². The van der Waals surface area contributed by atoms with Gasteiger partial charge in [-0.2, -0.15) is 0 Å². The smallest absolute Gasteiger partial charge is 0.248 e. The fourth-order valence-corrected chi connectivity index (χ4v) is 3.76. The molecule has 0 saturated carbocycles. The van der Waals surface area contributed by atoms with Crippen molar-refractivity contribution in [1.29, 1.82) is 0 Å². The quantitative estimate of drug-likeness (QED) is 0.421. The maximum atomic E-state index is 11.2. The molecule has 0 fully saturated rings. The summed E-state index contributed by atoms with van der Waals surface area (Å²) < 4.78 is 6.19. The first-order chi connectivity index (χ1) is 14.6. The number of aromatic nitrogens is 2. The zero-order valence-electron chi connectivity index (χ0n) is 16.3. The predicted molar refractivity (Wildman–Crippen MR) is 119 cm³/mol. The number of aryl methyl sites for hydroxylation is 1. The number of nitrogens with two attached hydrogens (primary N) is 1. The molecule has 2 aromatic carbocycles. The van der Waals surface area contributed by atoms with Crippen molar-refractivity contribution in [3.63, 3.8) is 0 Å². The number of benzene rings is 2. The van der Waals surface area contributed by atoms with Gasteiger partial charge in [0, 0.05) is 29.1 Å². The van der Waals surface area contributed by atoms with Crippen LogP contribution in [0.3, 0.4) is 0 Å². The third kappa shape index (κ3) is 4.47. The van der Waals surface area contributed by atoms with Gasteiger partial charge in [0.05, 0.1) is 5.01 Å². The second kappa shape index (κ2) is 8.75. The largest absolute Gasteiger partial charge is 0.444 e. The highest BCUT2D eigenvalue weighted by Crippen LogP contribution is 2.38. The Morgan fingerprint density at radius 1 is 1.10 bits per heavy atom. The van der Waals surface area contributed by atoms with Crippen LogP contribution < -0.4 is 15.8 Å². The predicted octanol–water partition coefficient (Wildman–Crippen LogP) is 5.40. The third-order valence-corrected chi connectivity index (χ3v) is 5.45. The van der Waals surface area contributed by atoms with E-state index >= 15 is 0 Å². The molecule has 0 aliphatic carbocycles. The Kier molecular flexibility index (Phi) is 5.72. The van der Waals surface area contributed by atoms with E-state index in [9.17, 15) is 4.79 Å². The highest BCUT2D eigenvalue weighted by molar-refractivity contribution is 7.14. The number of thiazole rings is 1. The van der Waals surface area contributed by atoms with Gasteiger partial charge in [0.25, 0.3) is 0 Å². The van der Waals surface area contributed by atoms with Crippen LogP contribution in [0.25, 0.3) is 11.3 Å². The molecular weight excluding hydrogens is 396 g/mol. The monoisotopic (exact) mass is 416 g/mol. The number of anilines is 2. The lowest BCUT2D eigenvalue weighted by molar-refractivity contribution is 0.100. The van der Waals surface area contributed by atoms with Gasteiger partial charge >= 0.3 is 0 Å². The fourth-order valence-electron chi connectivity index (χ4n) is 2.86. The van der Waals surface area contributed by atoms with Crippen molar-refractivity contribution in [3.05, 3.63) is 83.5 Å². The normalized spacial score (nSPS) is 10.6. The van der Waals surface area contributed by atoms with Gasteiger partial charge in [-0.1, -0.05) is 48.6 Å². The summed E-state index contributed by atoms with van der Waals surface area (Å²) in [6.45, 7) is 2.08. The molecule has 2 heterocycles. The highest BCUT2D eigenvalue weighted by Gasteiger charge is 2.15. The van der Waals surface area contributed by atoms with Crippen molar-refractivity contribution < 1.29 is 9.53 Å². The number of hydrogen-bond donors (Lipinski definition) is 2. The molecule has 0 unspecified atom stereocenters. The zero-order valence-corrected chi connectivity index (χ0v) is 17.1. The lowest BCUT2D eigenvalue weighted by atomic mass is 10.2. The molecule has 0 spiro atoms. The Labute approximate surface area is 178 Å². The summed E-state index contributed by atoms with van der Waals surface area (Å²) in [6.07, 6.45) is 2.53. The minimum Gasteiger partial charge on any atom is -0.444 e. The van der Waals surface area contributed by atoms with E-state index < -0.39 is 5.91 Å². The Balaban J connectivity index is 1.56. The van der Waals surface area contributed by atoms with E-state index in [4.69, 9.17) is 15.5 Å². The summed E-state index contributed by atoms with van der Waals surface area (Å²) in [6, 6.07) is 20.5. The Morgan fingerprint density at radius 2 is 1.87 bits per heavy atom. The van der Waals surface area contributed by atoms with Crippen molar-refractivity contribution in [1.82, 2.24) is 9.97 Å². The summed E-state index contributed by atoms with van der Waals surface area (Å²) >= 11 is 1.55. The van der Waals surface area contributed by atoms with Gasteiger partial charge in [-0.15, -0.1) is 0 Å². The van der Waals surface area contributed by atoms with Crippen molar-refractivity contribution in [2.24, 2.45) is 5.73 Å². The van der Waals surface area contributed by atoms with E-state index in [0.29, 0.717) is 17.1 Å². The summed E-state index contributed by atoms with van der Waals surface area (Å²) in [4.78, 5) is 20.3. The van der Waals surface area contributed by atoms with E-state index in [2.05, 4.69) is 17.2 Å². The van der Waals surface area contributed by atoms with E-state index in [-0.39, 0.29) is 0 Å². The van der Waals surface area contributed by atoms with Crippen molar-refractivity contribution in [3.8, 4) is 22.1 Å². The molecule has 0 aliphatic rings. The lowest BCUT2D eigenvalue weighted by Gasteiger charge is -2.09. The summed E-state index contributed by atoms with van der Waals surface area (Å²) in [5.41, 5.74) is 8.39. The number of carbonyl (C=O) groups excluding carboxylic acids is 1. The van der Waals surface area contributed by atoms with Gasteiger partial charge in [0.1, 0.15) is 17.3 Å². The van der Waals surface area contributed by atoms with Crippen LogP contribution >= 0.6 is 11.3 Å². The lowest BCUT2D eigenvalue weighted by Crippen LogP contribution is -2.10. The summed E-state index contributed by atoms with van der Waals surface area (Å²) in [5.74, 6) is 0.825. The molecule has 7 heteroatoms. The summed E-state index contributed by atoms with van der Waals surface area (Å²) in [7, 11) is 0. The first kappa shape index (κ1) is 19.6. The molecule has 6 nitrogen and oxygen atoms in total. The number of pyridine rings is 1. The highest BCUT2D eigenvalue weighted by atomic mass is 32.1. The van der Waals surface area contributed by atoms with Crippen LogP contribution in [0, 0.1) is 0 Å². The molecular formula is C23H20N4O2S. The van der Waals surface area contributed by atoms with Gasteiger partial charge in [0.2, 0.25) is 11.0 Å². The van der Waals surface area contributed by atoms with E-state index in [0.717, 1.165) is 33.4 Å². The number of nitrogens with zero attached hydrogens (tertiary/aromatic N) is 2. The molecule has 30 heavy (non-hydrogen) atoms. The zero-order chi connectivity index (χ0) is 20.9. The maximum absolute atomic E-state index is 11.2. The Hall–Kier alpha value is -3.71. The molecule has 0 atom stereocenters. The van der Waals surface area contributed by atoms with Crippen LogP contribution in [-0.4, -0.2) is 15.9 Å². The second-order valence-electron chi connectivity index (χ2n) is 6.51. The van der Waals surface area contributed by atoms with Crippen LogP contribution in [0.1, 0.15) is 22.3 Å². The molecule has 0 saturated heterocycles. The SMILES string of the molecule is CCc1nc(-c2ccccc2)c(Oc2ccnc(Nc3ccc(C(N)=O)cc3)c2)s1. The van der Waals surface area contributed by atoms with Gasteiger partial charge < -0.3 is 15.8 Å². The molecule has 0 bridgehead atoms. The first-order valence-electron chi connectivity index (χ1n) is 9.48. The Bertz CT molecular complexity index is 1160. The van der Waals surface area contributed by atoms with Crippen LogP contribution in [0.2, 0.25) is 0 Å².